The highest BCUT2D eigenvalue weighted by atomic mass is 16.2. The van der Waals surface area contributed by atoms with Gasteiger partial charge in [-0.2, -0.15) is 10.4 Å². The molecule has 3 aromatic rings. The van der Waals surface area contributed by atoms with Crippen molar-refractivity contribution in [1.82, 2.24) is 57.2 Å². The Balaban J connectivity index is 1.41. The van der Waals surface area contributed by atoms with E-state index in [0.717, 1.165) is 5.56 Å². The van der Waals surface area contributed by atoms with E-state index < -0.39 is 35.7 Å². The number of nitrogens with zero attached hydrogens (tertiary/aromatic N) is 7. The van der Waals surface area contributed by atoms with Crippen molar-refractivity contribution in [3.05, 3.63) is 41.5 Å². The van der Waals surface area contributed by atoms with Crippen LogP contribution in [0.1, 0.15) is 37.5 Å². The molecule has 4 amide bonds. The monoisotopic (exact) mass is 524 g/mol. The molecule has 38 heavy (non-hydrogen) atoms. The number of carbonyl (C=O) groups is 4. The minimum Gasteiger partial charge on any atom is -0.347 e. The van der Waals surface area contributed by atoms with Crippen LogP contribution in [0.15, 0.2) is 24.3 Å². The van der Waals surface area contributed by atoms with Crippen LogP contribution in [-0.2, 0) is 38.6 Å². The van der Waals surface area contributed by atoms with Crippen LogP contribution in [0.25, 0.3) is 0 Å². The molecule has 0 saturated carbocycles. The molecule has 5 N–H and O–H groups in total. The number of aromatic nitrogens is 8. The van der Waals surface area contributed by atoms with Crippen LogP contribution < -0.4 is 20.9 Å². The molecular weight excluding hydrogens is 496 g/mol. The van der Waals surface area contributed by atoms with E-state index in [1.807, 2.05) is 26.0 Å². The zero-order valence-electron chi connectivity index (χ0n) is 20.8. The maximum absolute atomic E-state index is 13.3. The van der Waals surface area contributed by atoms with Crippen molar-refractivity contribution in [1.29, 1.82) is 0 Å². The van der Waals surface area contributed by atoms with Gasteiger partial charge in [0.15, 0.2) is 11.6 Å². The number of hydrogen-bond acceptors (Lipinski definition) is 10. The molecule has 200 valence electrons. The fourth-order valence-electron chi connectivity index (χ4n) is 4.13. The Morgan fingerprint density at radius 3 is 2.45 bits per heavy atom. The van der Waals surface area contributed by atoms with Gasteiger partial charge in [-0.15, -0.1) is 20.4 Å². The summed E-state index contributed by atoms with van der Waals surface area (Å²) in [7, 11) is 0. The van der Waals surface area contributed by atoms with E-state index in [4.69, 9.17) is 0 Å². The Hall–Kier alpha value is -4.76. The lowest BCUT2D eigenvalue weighted by molar-refractivity contribution is -0.131. The van der Waals surface area contributed by atoms with Crippen LogP contribution in [0.4, 0.5) is 5.69 Å². The van der Waals surface area contributed by atoms with Crippen LogP contribution >= 0.6 is 0 Å². The molecule has 1 aromatic carbocycles. The van der Waals surface area contributed by atoms with Crippen molar-refractivity contribution >= 4 is 29.3 Å². The highest BCUT2D eigenvalue weighted by Crippen LogP contribution is 2.32. The van der Waals surface area contributed by atoms with Gasteiger partial charge in [0.05, 0.1) is 19.5 Å². The van der Waals surface area contributed by atoms with Crippen LogP contribution in [0.3, 0.4) is 0 Å². The molecule has 2 aromatic heterocycles. The number of aromatic amines is 2. The largest absolute Gasteiger partial charge is 0.347 e. The molecule has 0 bridgehead atoms. The highest BCUT2D eigenvalue weighted by molar-refractivity contribution is 6.05. The molecule has 0 unspecified atom stereocenters. The standard InChI is InChI=1S/C22H28N12O4/c1-3-12(2)20(25-18(35)9-16-26-30-31-27-16)22(38)24-11-19(36)34-14-7-5-4-6-13(14)8-15(34)21(37)23-10-17-28-32-33-29-17/h4-7,12,15,20H,3,8-11H2,1-2H3,(H,23,37)(H,24,38)(H,25,35)(H,26,27,30,31)(H,28,29,32,33)/t12-,15-,20-/m0/s1. The molecule has 3 atom stereocenters. The normalized spacial score (nSPS) is 15.8. The Kier molecular flexibility index (Phi) is 8.30. The summed E-state index contributed by atoms with van der Waals surface area (Å²) in [6.07, 6.45) is 0.771. The van der Waals surface area contributed by atoms with E-state index in [9.17, 15) is 19.2 Å². The fraction of sp³-hybridized carbons (Fsp3) is 0.455. The lowest BCUT2D eigenvalue weighted by Crippen LogP contribution is -2.54. The summed E-state index contributed by atoms with van der Waals surface area (Å²) in [5.74, 6) is -1.55. The molecule has 0 saturated heterocycles. The smallest absolute Gasteiger partial charge is 0.247 e. The van der Waals surface area contributed by atoms with E-state index in [0.29, 0.717) is 24.4 Å². The number of nitrogens with one attached hydrogen (secondary N) is 5. The van der Waals surface area contributed by atoms with Gasteiger partial charge in [0.1, 0.15) is 12.1 Å². The predicted octanol–water partition coefficient (Wildman–Crippen LogP) is -1.82. The number of fused-ring (bicyclic) bond motifs is 1. The number of amides is 4. The number of rotatable bonds is 11. The van der Waals surface area contributed by atoms with Crippen molar-refractivity contribution < 1.29 is 19.2 Å². The SMILES string of the molecule is CC[C@H](C)[C@H](NC(=O)Cc1nn[nH]n1)C(=O)NCC(=O)N1c2ccccc2C[C@H]1C(=O)NCc1nn[nH]n1. The summed E-state index contributed by atoms with van der Waals surface area (Å²) in [6.45, 7) is 3.39. The van der Waals surface area contributed by atoms with Gasteiger partial charge < -0.3 is 16.0 Å². The molecule has 1 aliphatic rings. The molecule has 0 fully saturated rings. The number of H-pyrrole nitrogens is 2. The summed E-state index contributed by atoms with van der Waals surface area (Å²) in [4.78, 5) is 53.2. The third-order valence-electron chi connectivity index (χ3n) is 6.29. The first-order valence-electron chi connectivity index (χ1n) is 12.1. The van der Waals surface area contributed by atoms with Crippen molar-refractivity contribution in [2.45, 2.75) is 51.7 Å². The van der Waals surface area contributed by atoms with Gasteiger partial charge in [-0.25, -0.2) is 0 Å². The molecule has 1 aliphatic heterocycles. The van der Waals surface area contributed by atoms with E-state index >= 15 is 0 Å². The summed E-state index contributed by atoms with van der Waals surface area (Å²) >= 11 is 0. The molecule has 4 rings (SSSR count). The first-order valence-corrected chi connectivity index (χ1v) is 12.1. The molecule has 16 heteroatoms. The second-order valence-electron chi connectivity index (χ2n) is 8.81. The maximum Gasteiger partial charge on any atom is 0.247 e. The Morgan fingerprint density at radius 1 is 1.05 bits per heavy atom. The Labute approximate surface area is 216 Å². The van der Waals surface area contributed by atoms with E-state index in [2.05, 4.69) is 57.2 Å². The number of benzene rings is 1. The average Bonchev–Trinajstić information content (AvgIpc) is 3.69. The van der Waals surface area contributed by atoms with Crippen molar-refractivity contribution in [2.75, 3.05) is 11.4 Å². The number of para-hydroxylation sites is 1. The van der Waals surface area contributed by atoms with Gasteiger partial charge in [-0.3, -0.25) is 24.1 Å². The average molecular weight is 525 g/mol. The molecule has 0 radical (unpaired) electrons. The zero-order valence-corrected chi connectivity index (χ0v) is 20.8. The summed E-state index contributed by atoms with van der Waals surface area (Å²) in [6, 6.07) is 5.50. The van der Waals surface area contributed by atoms with Crippen LogP contribution in [-0.4, -0.2) is 83.5 Å². The summed E-state index contributed by atoms with van der Waals surface area (Å²) in [5, 5.41) is 34.6. The molecular formula is C22H28N12O4. The number of anilines is 1. The van der Waals surface area contributed by atoms with Gasteiger partial charge in [-0.1, -0.05) is 48.9 Å². The second kappa shape index (κ2) is 12.0. The molecule has 3 heterocycles. The van der Waals surface area contributed by atoms with E-state index in [1.165, 1.54) is 4.90 Å². The third kappa shape index (κ3) is 6.13. The van der Waals surface area contributed by atoms with Crippen LogP contribution in [0.2, 0.25) is 0 Å². The van der Waals surface area contributed by atoms with Crippen LogP contribution in [0.5, 0.6) is 0 Å². The van der Waals surface area contributed by atoms with Gasteiger partial charge >= 0.3 is 0 Å². The minimum absolute atomic E-state index is 0.0427. The molecule has 0 aliphatic carbocycles. The number of tetrazole rings is 2. The van der Waals surface area contributed by atoms with E-state index in [-0.39, 0.29) is 31.3 Å². The summed E-state index contributed by atoms with van der Waals surface area (Å²) in [5.41, 5.74) is 1.43. The second-order valence-corrected chi connectivity index (χ2v) is 8.81. The lowest BCUT2D eigenvalue weighted by Gasteiger charge is -2.26. The van der Waals surface area contributed by atoms with Gasteiger partial charge in [0, 0.05) is 12.1 Å². The first-order chi connectivity index (χ1) is 18.4. The Morgan fingerprint density at radius 2 is 1.76 bits per heavy atom. The first kappa shape index (κ1) is 26.3. The molecule has 0 spiro atoms. The van der Waals surface area contributed by atoms with Gasteiger partial charge in [0.2, 0.25) is 23.6 Å². The highest BCUT2D eigenvalue weighted by Gasteiger charge is 2.38. The van der Waals surface area contributed by atoms with Gasteiger partial charge in [-0.05, 0) is 17.5 Å². The Bertz CT molecular complexity index is 1260. The summed E-state index contributed by atoms with van der Waals surface area (Å²) < 4.78 is 0. The number of hydrogen-bond donors (Lipinski definition) is 5. The topological polar surface area (TPSA) is 217 Å². The molecule has 16 nitrogen and oxygen atoms in total. The minimum atomic E-state index is -0.882. The van der Waals surface area contributed by atoms with Crippen molar-refractivity contribution in [3.8, 4) is 0 Å². The van der Waals surface area contributed by atoms with Crippen LogP contribution in [0, 0.1) is 5.92 Å². The van der Waals surface area contributed by atoms with Gasteiger partial charge in [0.25, 0.3) is 0 Å². The lowest BCUT2D eigenvalue weighted by atomic mass is 9.98. The van der Waals surface area contributed by atoms with E-state index in [1.54, 1.807) is 12.1 Å². The zero-order chi connectivity index (χ0) is 27.1. The van der Waals surface area contributed by atoms with Crippen molar-refractivity contribution in [2.24, 2.45) is 5.92 Å². The van der Waals surface area contributed by atoms with Crippen molar-refractivity contribution in [3.63, 3.8) is 0 Å². The fourth-order valence-corrected chi connectivity index (χ4v) is 4.13. The maximum atomic E-state index is 13.3. The predicted molar refractivity (Wildman–Crippen MR) is 130 cm³/mol. The quantitative estimate of drug-likeness (QED) is 0.189. The third-order valence-corrected chi connectivity index (χ3v) is 6.29. The number of carbonyl (C=O) groups excluding carboxylic acids is 4.